The summed E-state index contributed by atoms with van der Waals surface area (Å²) in [6.07, 6.45) is 2.45. The number of halogens is 2. The first-order chi connectivity index (χ1) is 21.8. The van der Waals surface area contributed by atoms with Crippen LogP contribution in [0.5, 0.6) is 23.0 Å². The first-order valence-electron chi connectivity index (χ1n) is 14.4. The number of H-pyrrole nitrogens is 1. The van der Waals surface area contributed by atoms with E-state index in [0.717, 1.165) is 22.0 Å². The predicted molar refractivity (Wildman–Crippen MR) is 176 cm³/mol. The molecule has 4 aromatic carbocycles. The molecule has 0 aliphatic carbocycles. The van der Waals surface area contributed by atoms with Gasteiger partial charge in [-0.3, -0.25) is 9.59 Å². The molecule has 0 aliphatic heterocycles. The third-order valence-corrected chi connectivity index (χ3v) is 7.65. The number of hydrogen-bond acceptors (Lipinski definition) is 5. The Bertz CT molecular complexity index is 1750. The Balaban J connectivity index is 1.26. The molecule has 5 aromatic rings. The van der Waals surface area contributed by atoms with Crippen LogP contribution in [-0.4, -0.2) is 48.0 Å². The topological polar surface area (TPSA) is 92.9 Å². The monoisotopic (exact) mass is 645 g/mol. The molecule has 2 amide bonds. The average molecular weight is 647 g/mol. The summed E-state index contributed by atoms with van der Waals surface area (Å²) < 4.78 is 17.1. The van der Waals surface area contributed by atoms with Crippen LogP contribution in [0.25, 0.3) is 10.9 Å². The van der Waals surface area contributed by atoms with Crippen molar-refractivity contribution in [2.24, 2.45) is 0 Å². The van der Waals surface area contributed by atoms with Gasteiger partial charge >= 0.3 is 0 Å². The number of aromatic nitrogens is 1. The van der Waals surface area contributed by atoms with Gasteiger partial charge in [0.25, 0.3) is 5.91 Å². The quantitative estimate of drug-likeness (QED) is 0.139. The van der Waals surface area contributed by atoms with Crippen molar-refractivity contribution in [2.75, 3.05) is 20.3 Å². The van der Waals surface area contributed by atoms with Gasteiger partial charge in [-0.2, -0.15) is 0 Å². The number of fused-ring (bicyclic) bond motifs is 1. The highest BCUT2D eigenvalue weighted by atomic mass is 35.5. The normalized spacial score (nSPS) is 11.6. The summed E-state index contributed by atoms with van der Waals surface area (Å²) in [5, 5.41) is 5.10. The minimum atomic E-state index is -0.390. The maximum absolute atomic E-state index is 13.2. The van der Waals surface area contributed by atoms with Gasteiger partial charge in [-0.25, -0.2) is 0 Å². The lowest BCUT2D eigenvalue weighted by molar-refractivity contribution is -0.131. The van der Waals surface area contributed by atoms with Crippen LogP contribution in [0.2, 0.25) is 10.0 Å². The van der Waals surface area contributed by atoms with Crippen LogP contribution in [0.1, 0.15) is 18.1 Å². The number of methoxy groups -OCH3 is 1. The van der Waals surface area contributed by atoms with Crippen LogP contribution >= 0.6 is 23.2 Å². The molecule has 0 bridgehead atoms. The molecule has 5 rings (SSSR count). The molecule has 0 radical (unpaired) electrons. The maximum Gasteiger partial charge on any atom is 0.258 e. The van der Waals surface area contributed by atoms with Crippen LogP contribution in [0.15, 0.2) is 97.2 Å². The van der Waals surface area contributed by atoms with E-state index in [1.807, 2.05) is 54.7 Å². The molecule has 45 heavy (non-hydrogen) atoms. The van der Waals surface area contributed by atoms with Crippen molar-refractivity contribution in [3.05, 3.63) is 118 Å². The van der Waals surface area contributed by atoms with E-state index in [0.29, 0.717) is 46.0 Å². The van der Waals surface area contributed by atoms with Crippen molar-refractivity contribution in [3.63, 3.8) is 0 Å². The van der Waals surface area contributed by atoms with Gasteiger partial charge < -0.3 is 29.4 Å². The van der Waals surface area contributed by atoms with Crippen molar-refractivity contribution < 1.29 is 23.8 Å². The van der Waals surface area contributed by atoms with Crippen LogP contribution in [0.3, 0.4) is 0 Å². The molecule has 0 spiro atoms. The van der Waals surface area contributed by atoms with Gasteiger partial charge in [0, 0.05) is 52.7 Å². The fraction of sp³-hybridized carbons (Fsp3) is 0.200. The van der Waals surface area contributed by atoms with Crippen molar-refractivity contribution in [1.29, 1.82) is 0 Å². The third-order valence-electron chi connectivity index (χ3n) is 7.21. The molecule has 0 fully saturated rings. The summed E-state index contributed by atoms with van der Waals surface area (Å²) >= 11 is 12.1. The zero-order valence-corrected chi connectivity index (χ0v) is 26.4. The molecule has 0 saturated carbocycles. The number of carbonyl (C=O) groups is 2. The lowest BCUT2D eigenvalue weighted by Gasteiger charge is -2.28. The number of amides is 2. The molecule has 0 aliphatic rings. The summed E-state index contributed by atoms with van der Waals surface area (Å²) in [5.41, 5.74) is 2.92. The van der Waals surface area contributed by atoms with Crippen LogP contribution in [0, 0.1) is 0 Å². The van der Waals surface area contributed by atoms with E-state index in [4.69, 9.17) is 37.4 Å². The Kier molecular flexibility index (Phi) is 10.5. The Morgan fingerprint density at radius 2 is 1.56 bits per heavy atom. The lowest BCUT2D eigenvalue weighted by Crippen LogP contribution is -2.47. The first-order valence-corrected chi connectivity index (χ1v) is 15.1. The molecule has 10 heteroatoms. The summed E-state index contributed by atoms with van der Waals surface area (Å²) in [5.74, 6) is 1.83. The van der Waals surface area contributed by atoms with Crippen molar-refractivity contribution in [1.82, 2.24) is 15.2 Å². The highest BCUT2D eigenvalue weighted by Crippen LogP contribution is 2.29. The van der Waals surface area contributed by atoms with E-state index >= 15 is 0 Å². The summed E-state index contributed by atoms with van der Waals surface area (Å²) in [7, 11) is 1.60. The Morgan fingerprint density at radius 3 is 2.29 bits per heavy atom. The maximum atomic E-state index is 13.2. The number of hydrogen-bond donors (Lipinski definition) is 2. The summed E-state index contributed by atoms with van der Waals surface area (Å²) in [4.78, 5) is 31.0. The van der Waals surface area contributed by atoms with E-state index in [9.17, 15) is 9.59 Å². The van der Waals surface area contributed by atoms with Gasteiger partial charge in [0.1, 0.15) is 23.0 Å². The number of para-hydroxylation sites is 2. The lowest BCUT2D eigenvalue weighted by atomic mass is 10.0. The number of benzene rings is 4. The minimum Gasteiger partial charge on any atom is -0.496 e. The Labute approximate surface area is 271 Å². The predicted octanol–water partition coefficient (Wildman–Crippen LogP) is 7.43. The summed E-state index contributed by atoms with van der Waals surface area (Å²) in [6, 6.07) is 27.0. The minimum absolute atomic E-state index is 0.113. The molecular formula is C35H33Cl2N3O5. The van der Waals surface area contributed by atoms with Crippen LogP contribution in [-0.2, 0) is 22.6 Å². The van der Waals surface area contributed by atoms with Crippen molar-refractivity contribution >= 4 is 45.9 Å². The summed E-state index contributed by atoms with van der Waals surface area (Å²) in [6.45, 7) is 1.95. The van der Waals surface area contributed by atoms with E-state index in [-0.39, 0.29) is 31.0 Å². The molecule has 2 N–H and O–H groups in total. The molecule has 8 nitrogen and oxygen atoms in total. The van der Waals surface area contributed by atoms with E-state index in [1.165, 1.54) is 6.92 Å². The second kappa shape index (κ2) is 14.9. The van der Waals surface area contributed by atoms with Gasteiger partial charge in [0.2, 0.25) is 5.91 Å². The number of carbonyl (C=O) groups excluding carboxylic acids is 2. The number of nitrogens with zero attached hydrogens (tertiary/aromatic N) is 1. The molecule has 1 heterocycles. The zero-order valence-electron chi connectivity index (χ0n) is 24.9. The largest absolute Gasteiger partial charge is 0.496 e. The molecule has 0 saturated heterocycles. The van der Waals surface area contributed by atoms with E-state index < -0.39 is 0 Å². The average Bonchev–Trinajstić information content (AvgIpc) is 3.42. The number of rotatable bonds is 13. The smallest absolute Gasteiger partial charge is 0.258 e. The fourth-order valence-corrected chi connectivity index (χ4v) is 5.59. The van der Waals surface area contributed by atoms with E-state index in [1.54, 1.807) is 54.5 Å². The fourth-order valence-electron chi connectivity index (χ4n) is 5.08. The van der Waals surface area contributed by atoms with Gasteiger partial charge in [-0.1, -0.05) is 59.6 Å². The zero-order chi connectivity index (χ0) is 31.8. The van der Waals surface area contributed by atoms with Crippen molar-refractivity contribution in [2.45, 2.75) is 25.9 Å². The van der Waals surface area contributed by atoms with Crippen LogP contribution < -0.4 is 19.5 Å². The molecule has 1 aromatic heterocycles. The van der Waals surface area contributed by atoms with Gasteiger partial charge in [0.15, 0.2) is 6.61 Å². The second-order valence-electron chi connectivity index (χ2n) is 10.5. The van der Waals surface area contributed by atoms with Gasteiger partial charge in [0.05, 0.1) is 13.2 Å². The number of ether oxygens (including phenoxy) is 3. The SMILES string of the molecule is COc1ccccc1CN(CC(Cc1c[nH]c2ccccc12)NC(=O)COc1ccc(Oc2cc(Cl)cc(Cl)c2)cc1)C(C)=O. The van der Waals surface area contributed by atoms with Gasteiger partial charge in [-0.05, 0) is 66.6 Å². The third kappa shape index (κ3) is 8.71. The van der Waals surface area contributed by atoms with Gasteiger partial charge in [-0.15, -0.1) is 0 Å². The van der Waals surface area contributed by atoms with E-state index in [2.05, 4.69) is 10.3 Å². The number of nitrogens with one attached hydrogen (secondary N) is 2. The number of aromatic amines is 1. The van der Waals surface area contributed by atoms with Crippen molar-refractivity contribution in [3.8, 4) is 23.0 Å². The second-order valence-corrected chi connectivity index (χ2v) is 11.4. The first kappa shape index (κ1) is 31.8. The van der Waals surface area contributed by atoms with Crippen LogP contribution in [0.4, 0.5) is 0 Å². The Hall–Kier alpha value is -4.66. The highest BCUT2D eigenvalue weighted by molar-refractivity contribution is 6.34. The standard InChI is InChI=1S/C35H33Cl2N3O5/c1-23(41)40(20-24-7-3-6-10-34(24)43-2)21-28(15-25-19-38-33-9-5-4-8-32(25)33)39-35(42)22-44-29-11-13-30(14-12-29)45-31-17-26(36)16-27(37)18-31/h3-14,16-19,28,38H,15,20-22H2,1-2H3,(H,39,42). The highest BCUT2D eigenvalue weighted by Gasteiger charge is 2.22. The Morgan fingerprint density at radius 1 is 0.867 bits per heavy atom. The molecule has 1 atom stereocenters. The molecule has 232 valence electrons. The molecule has 1 unspecified atom stereocenters. The molecular weight excluding hydrogens is 613 g/mol.